The van der Waals surface area contributed by atoms with Crippen LogP contribution in [0.25, 0.3) is 0 Å². The van der Waals surface area contributed by atoms with E-state index in [-0.39, 0.29) is 25.3 Å². The number of rotatable bonds is 5. The second-order valence-corrected chi connectivity index (χ2v) is 6.03. The molecule has 3 amide bonds. The number of urea groups is 1. The van der Waals surface area contributed by atoms with Crippen molar-refractivity contribution in [2.24, 2.45) is 0 Å². The summed E-state index contributed by atoms with van der Waals surface area (Å²) >= 11 is 0. The number of hydrogen-bond acceptors (Lipinski definition) is 5. The first-order valence-corrected chi connectivity index (χ1v) is 8.32. The van der Waals surface area contributed by atoms with Gasteiger partial charge in [-0.25, -0.2) is 4.79 Å². The maximum atomic E-state index is 12.6. The summed E-state index contributed by atoms with van der Waals surface area (Å²) in [5, 5.41) is 2.82. The molecule has 0 unspecified atom stereocenters. The molecule has 1 saturated heterocycles. The summed E-state index contributed by atoms with van der Waals surface area (Å²) in [5.41, 5.74) is 1.70. The summed E-state index contributed by atoms with van der Waals surface area (Å²) < 4.78 is 10.6. The summed E-state index contributed by atoms with van der Waals surface area (Å²) in [6, 6.07) is 8.87. The fraction of sp³-hybridized carbons (Fsp3) is 0.278. The molecule has 0 spiro atoms. The van der Waals surface area contributed by atoms with E-state index < -0.39 is 0 Å². The van der Waals surface area contributed by atoms with Gasteiger partial charge in [-0.05, 0) is 29.8 Å². The average Bonchev–Trinajstić information content (AvgIpc) is 3.27. The number of amides is 3. The molecule has 0 aliphatic carbocycles. The summed E-state index contributed by atoms with van der Waals surface area (Å²) in [4.78, 5) is 31.9. The maximum absolute atomic E-state index is 12.6. The standard InChI is InChI=1S/C18H18N4O4/c23-17(20-10-13-3-5-19-6-4-13)11-21-7-8-22(18(21)24)14-1-2-15-16(9-14)26-12-25-15/h1-6,9H,7-8,10-12H2,(H,20,23). The Morgan fingerprint density at radius 3 is 2.77 bits per heavy atom. The number of aromatic nitrogens is 1. The molecule has 1 aromatic carbocycles. The van der Waals surface area contributed by atoms with E-state index in [1.54, 1.807) is 29.4 Å². The Morgan fingerprint density at radius 2 is 1.92 bits per heavy atom. The number of hydrogen-bond donors (Lipinski definition) is 1. The van der Waals surface area contributed by atoms with Gasteiger partial charge in [0, 0.05) is 43.8 Å². The van der Waals surface area contributed by atoms with Crippen LogP contribution in [0.1, 0.15) is 5.56 Å². The molecule has 8 heteroatoms. The molecule has 0 saturated carbocycles. The van der Waals surface area contributed by atoms with Crippen molar-refractivity contribution in [1.29, 1.82) is 0 Å². The topological polar surface area (TPSA) is 84.0 Å². The van der Waals surface area contributed by atoms with Crippen molar-refractivity contribution in [3.8, 4) is 11.5 Å². The number of nitrogens with one attached hydrogen (secondary N) is 1. The first-order chi connectivity index (χ1) is 12.7. The predicted molar refractivity (Wildman–Crippen MR) is 93.0 cm³/mol. The number of carbonyl (C=O) groups excluding carboxylic acids is 2. The molecule has 8 nitrogen and oxygen atoms in total. The van der Waals surface area contributed by atoms with E-state index in [0.717, 1.165) is 11.3 Å². The zero-order valence-electron chi connectivity index (χ0n) is 14.1. The van der Waals surface area contributed by atoms with E-state index in [1.807, 2.05) is 18.2 Å². The number of anilines is 1. The van der Waals surface area contributed by atoms with Crippen molar-refractivity contribution in [3.63, 3.8) is 0 Å². The molecule has 2 aromatic rings. The van der Waals surface area contributed by atoms with Gasteiger partial charge >= 0.3 is 6.03 Å². The van der Waals surface area contributed by atoms with Gasteiger partial charge in [0.1, 0.15) is 6.54 Å². The molecule has 2 aliphatic heterocycles. The van der Waals surface area contributed by atoms with Gasteiger partial charge in [0.15, 0.2) is 11.5 Å². The number of carbonyl (C=O) groups is 2. The van der Waals surface area contributed by atoms with Crippen LogP contribution in [0.15, 0.2) is 42.7 Å². The Balaban J connectivity index is 1.34. The van der Waals surface area contributed by atoms with Gasteiger partial charge in [0.25, 0.3) is 0 Å². The van der Waals surface area contributed by atoms with Gasteiger partial charge in [-0.15, -0.1) is 0 Å². The maximum Gasteiger partial charge on any atom is 0.325 e. The van der Waals surface area contributed by atoms with Gasteiger partial charge in [-0.3, -0.25) is 14.7 Å². The van der Waals surface area contributed by atoms with Gasteiger partial charge in [-0.2, -0.15) is 0 Å². The highest BCUT2D eigenvalue weighted by atomic mass is 16.7. The van der Waals surface area contributed by atoms with Crippen molar-refractivity contribution in [2.75, 3.05) is 31.3 Å². The van der Waals surface area contributed by atoms with Crippen LogP contribution in [-0.4, -0.2) is 48.2 Å². The fourth-order valence-corrected chi connectivity index (χ4v) is 2.95. The van der Waals surface area contributed by atoms with E-state index >= 15 is 0 Å². The largest absolute Gasteiger partial charge is 0.454 e. The van der Waals surface area contributed by atoms with Crippen molar-refractivity contribution in [3.05, 3.63) is 48.3 Å². The summed E-state index contributed by atoms with van der Waals surface area (Å²) in [7, 11) is 0. The van der Waals surface area contributed by atoms with Gasteiger partial charge in [0.2, 0.25) is 12.7 Å². The molecular weight excluding hydrogens is 336 g/mol. The zero-order valence-corrected chi connectivity index (χ0v) is 14.1. The van der Waals surface area contributed by atoms with Crippen LogP contribution in [0.5, 0.6) is 11.5 Å². The first-order valence-electron chi connectivity index (χ1n) is 8.32. The van der Waals surface area contributed by atoms with Gasteiger partial charge < -0.3 is 19.7 Å². The lowest BCUT2D eigenvalue weighted by molar-refractivity contribution is -0.121. The SMILES string of the molecule is O=C(CN1CCN(c2ccc3c(c2)OCO3)C1=O)NCc1ccncc1. The van der Waals surface area contributed by atoms with Crippen LogP contribution in [-0.2, 0) is 11.3 Å². The molecule has 4 rings (SSSR count). The van der Waals surface area contributed by atoms with Crippen LogP contribution in [0.4, 0.5) is 10.5 Å². The molecule has 134 valence electrons. The third-order valence-corrected chi connectivity index (χ3v) is 4.34. The molecule has 26 heavy (non-hydrogen) atoms. The summed E-state index contributed by atoms with van der Waals surface area (Å²) in [6.07, 6.45) is 3.35. The first kappa shape index (κ1) is 16.2. The lowest BCUT2D eigenvalue weighted by Gasteiger charge is -2.18. The number of pyridine rings is 1. The van der Waals surface area contributed by atoms with Gasteiger partial charge in [0.05, 0.1) is 0 Å². The average molecular weight is 354 g/mol. The highest BCUT2D eigenvalue weighted by Gasteiger charge is 2.31. The Hall–Kier alpha value is -3.29. The molecule has 1 N–H and O–H groups in total. The number of benzene rings is 1. The summed E-state index contributed by atoms with van der Waals surface area (Å²) in [6.45, 7) is 1.66. The minimum Gasteiger partial charge on any atom is -0.454 e. The predicted octanol–water partition coefficient (Wildman–Crippen LogP) is 1.37. The Morgan fingerprint density at radius 1 is 1.12 bits per heavy atom. The molecule has 1 aromatic heterocycles. The van der Waals surface area contributed by atoms with Gasteiger partial charge in [-0.1, -0.05) is 0 Å². The van der Waals surface area contributed by atoms with Crippen LogP contribution >= 0.6 is 0 Å². The second kappa shape index (κ2) is 6.91. The van der Waals surface area contributed by atoms with Crippen molar-refractivity contribution in [2.45, 2.75) is 6.54 Å². The Labute approximate surface area is 150 Å². The molecule has 3 heterocycles. The smallest absolute Gasteiger partial charge is 0.325 e. The lowest BCUT2D eigenvalue weighted by Crippen LogP contribution is -2.39. The van der Waals surface area contributed by atoms with Crippen molar-refractivity contribution < 1.29 is 19.1 Å². The molecular formula is C18H18N4O4. The molecule has 0 bridgehead atoms. The number of nitrogens with zero attached hydrogens (tertiary/aromatic N) is 3. The minimum absolute atomic E-state index is 0.0327. The lowest BCUT2D eigenvalue weighted by atomic mass is 10.2. The normalized spacial score (nSPS) is 15.5. The van der Waals surface area contributed by atoms with E-state index in [1.165, 1.54) is 4.90 Å². The molecule has 2 aliphatic rings. The third-order valence-electron chi connectivity index (χ3n) is 4.34. The Kier molecular flexibility index (Phi) is 4.30. The number of fused-ring (bicyclic) bond motifs is 1. The van der Waals surface area contributed by atoms with Crippen LogP contribution in [0, 0.1) is 0 Å². The van der Waals surface area contributed by atoms with Crippen molar-refractivity contribution in [1.82, 2.24) is 15.2 Å². The fourth-order valence-electron chi connectivity index (χ4n) is 2.95. The highest BCUT2D eigenvalue weighted by Crippen LogP contribution is 2.36. The minimum atomic E-state index is -0.192. The Bertz CT molecular complexity index is 827. The third kappa shape index (κ3) is 3.26. The monoisotopic (exact) mass is 354 g/mol. The van der Waals surface area contributed by atoms with E-state index in [0.29, 0.717) is 31.1 Å². The molecule has 0 radical (unpaired) electrons. The van der Waals surface area contributed by atoms with E-state index in [2.05, 4.69) is 10.3 Å². The van der Waals surface area contributed by atoms with Crippen LogP contribution in [0.2, 0.25) is 0 Å². The van der Waals surface area contributed by atoms with Crippen LogP contribution in [0.3, 0.4) is 0 Å². The quantitative estimate of drug-likeness (QED) is 0.877. The summed E-state index contributed by atoms with van der Waals surface area (Å²) in [5.74, 6) is 1.11. The second-order valence-electron chi connectivity index (χ2n) is 6.03. The number of ether oxygens (including phenoxy) is 2. The van der Waals surface area contributed by atoms with Crippen molar-refractivity contribution >= 4 is 17.6 Å². The molecule has 1 fully saturated rings. The van der Waals surface area contributed by atoms with E-state index in [9.17, 15) is 9.59 Å². The zero-order chi connectivity index (χ0) is 17.9. The van der Waals surface area contributed by atoms with E-state index in [4.69, 9.17) is 9.47 Å². The highest BCUT2D eigenvalue weighted by molar-refractivity contribution is 5.96. The van der Waals surface area contributed by atoms with Crippen LogP contribution < -0.4 is 19.7 Å². The molecule has 0 atom stereocenters.